The Labute approximate surface area is 120 Å². The molecule has 0 spiro atoms. The van der Waals surface area contributed by atoms with Gasteiger partial charge in [-0.1, -0.05) is 0 Å². The van der Waals surface area contributed by atoms with Gasteiger partial charge in [-0.25, -0.2) is 4.39 Å². The van der Waals surface area contributed by atoms with E-state index < -0.39 is 34.4 Å². The van der Waals surface area contributed by atoms with Gasteiger partial charge in [-0.05, 0) is 18.1 Å². The van der Waals surface area contributed by atoms with E-state index in [4.69, 9.17) is 0 Å². The monoisotopic (exact) mass is 316 g/mol. The second kappa shape index (κ2) is 5.86. The molecule has 1 fully saturated rings. The maximum Gasteiger partial charge on any atom is 0.264 e. The number of amides is 2. The number of nitrogens with zero attached hydrogens (tertiary/aromatic N) is 1. The Morgan fingerprint density at radius 1 is 1.48 bits per heavy atom. The summed E-state index contributed by atoms with van der Waals surface area (Å²) in [5, 5.41) is 2.17. The highest BCUT2D eigenvalue weighted by atomic mass is 32.2. The van der Waals surface area contributed by atoms with Gasteiger partial charge in [0.05, 0.1) is 12.2 Å². The van der Waals surface area contributed by atoms with E-state index in [-0.39, 0.29) is 24.4 Å². The smallest absolute Gasteiger partial charge is 0.264 e. The van der Waals surface area contributed by atoms with Crippen molar-refractivity contribution in [2.45, 2.75) is 25.4 Å². The van der Waals surface area contributed by atoms with Gasteiger partial charge in [0.2, 0.25) is 11.8 Å². The molecule has 21 heavy (non-hydrogen) atoms. The van der Waals surface area contributed by atoms with Crippen LogP contribution in [0.5, 0.6) is 0 Å². The largest absolute Gasteiger partial charge is 0.296 e. The lowest BCUT2D eigenvalue weighted by molar-refractivity contribution is -0.134. The van der Waals surface area contributed by atoms with E-state index in [9.17, 15) is 22.4 Å². The van der Waals surface area contributed by atoms with Crippen LogP contribution >= 0.6 is 0 Å². The molecule has 2 rings (SSSR count). The molecule has 0 radical (unpaired) electrons. The molecular formula is C12H13FN2O5S. The summed E-state index contributed by atoms with van der Waals surface area (Å²) in [6.45, 7) is -0.514. The number of rotatable bonds is 4. The Kier molecular flexibility index (Phi) is 4.33. The molecule has 9 heteroatoms. The van der Waals surface area contributed by atoms with Crippen molar-refractivity contribution in [1.82, 2.24) is 10.3 Å². The predicted molar refractivity (Wildman–Crippen MR) is 69.0 cm³/mol. The predicted octanol–water partition coefficient (Wildman–Crippen LogP) is 0.217. The SMILES string of the molecule is CS(=O)(=O)OCc1ncc(C2CCC(=O)NC2=O)cc1F. The van der Waals surface area contributed by atoms with Crippen molar-refractivity contribution >= 4 is 21.9 Å². The summed E-state index contributed by atoms with van der Waals surface area (Å²) in [5.41, 5.74) is 0.164. The molecule has 2 heterocycles. The third-order valence-corrected chi connectivity index (χ3v) is 3.54. The van der Waals surface area contributed by atoms with Gasteiger partial charge < -0.3 is 0 Å². The molecule has 1 N–H and O–H groups in total. The quantitative estimate of drug-likeness (QED) is 0.629. The van der Waals surface area contributed by atoms with Crippen LogP contribution in [0.15, 0.2) is 12.3 Å². The minimum atomic E-state index is -3.69. The van der Waals surface area contributed by atoms with Crippen molar-refractivity contribution in [3.8, 4) is 0 Å². The normalized spacial score (nSPS) is 19.4. The van der Waals surface area contributed by atoms with Crippen LogP contribution in [-0.4, -0.2) is 31.5 Å². The second-order valence-corrected chi connectivity index (χ2v) is 6.31. The topological polar surface area (TPSA) is 102 Å². The van der Waals surface area contributed by atoms with Gasteiger partial charge in [-0.15, -0.1) is 0 Å². The van der Waals surface area contributed by atoms with Gasteiger partial charge in [0.15, 0.2) is 0 Å². The lowest BCUT2D eigenvalue weighted by atomic mass is 9.91. The molecule has 7 nitrogen and oxygen atoms in total. The van der Waals surface area contributed by atoms with Crippen molar-refractivity contribution < 1.29 is 26.6 Å². The first-order valence-corrected chi connectivity index (χ1v) is 7.90. The number of hydrogen-bond acceptors (Lipinski definition) is 6. The Morgan fingerprint density at radius 2 is 2.19 bits per heavy atom. The molecule has 1 aliphatic heterocycles. The van der Waals surface area contributed by atoms with E-state index in [2.05, 4.69) is 14.5 Å². The lowest BCUT2D eigenvalue weighted by Gasteiger charge is -2.21. The molecule has 1 atom stereocenters. The van der Waals surface area contributed by atoms with Gasteiger partial charge in [0.1, 0.15) is 18.1 Å². The van der Waals surface area contributed by atoms with Gasteiger partial charge in [0, 0.05) is 12.6 Å². The first kappa shape index (κ1) is 15.5. The van der Waals surface area contributed by atoms with Crippen LogP contribution in [0.25, 0.3) is 0 Å². The summed E-state index contributed by atoms with van der Waals surface area (Å²) in [7, 11) is -3.69. The fraction of sp³-hybridized carbons (Fsp3) is 0.417. The number of aromatic nitrogens is 1. The summed E-state index contributed by atoms with van der Waals surface area (Å²) < 4.78 is 40.0. The van der Waals surface area contributed by atoms with Crippen molar-refractivity contribution in [1.29, 1.82) is 0 Å². The summed E-state index contributed by atoms with van der Waals surface area (Å²) in [6.07, 6.45) is 2.59. The number of carbonyl (C=O) groups is 2. The van der Waals surface area contributed by atoms with Gasteiger partial charge >= 0.3 is 0 Å². The van der Waals surface area contributed by atoms with Gasteiger partial charge in [0.25, 0.3) is 10.1 Å². The lowest BCUT2D eigenvalue weighted by Crippen LogP contribution is -2.39. The van der Waals surface area contributed by atoms with Crippen LogP contribution in [0.3, 0.4) is 0 Å². The zero-order chi connectivity index (χ0) is 15.6. The number of hydrogen-bond donors (Lipinski definition) is 1. The van der Waals surface area contributed by atoms with E-state index in [1.54, 1.807) is 0 Å². The summed E-state index contributed by atoms with van der Waals surface area (Å²) in [4.78, 5) is 26.5. The Morgan fingerprint density at radius 3 is 2.76 bits per heavy atom. The van der Waals surface area contributed by atoms with Crippen LogP contribution in [0.1, 0.15) is 30.0 Å². The van der Waals surface area contributed by atoms with Crippen LogP contribution in [0.2, 0.25) is 0 Å². The highest BCUT2D eigenvalue weighted by Gasteiger charge is 2.28. The number of halogens is 1. The van der Waals surface area contributed by atoms with Crippen LogP contribution in [-0.2, 0) is 30.5 Å². The van der Waals surface area contributed by atoms with E-state index in [0.717, 1.165) is 12.3 Å². The van der Waals surface area contributed by atoms with Crippen molar-refractivity contribution in [2.75, 3.05) is 6.26 Å². The Balaban J connectivity index is 2.15. The third kappa shape index (κ3) is 4.05. The van der Waals surface area contributed by atoms with Gasteiger partial charge in [-0.2, -0.15) is 8.42 Å². The highest BCUT2D eigenvalue weighted by molar-refractivity contribution is 7.85. The molecule has 1 aromatic rings. The summed E-state index contributed by atoms with van der Waals surface area (Å²) in [5.74, 6) is -2.26. The molecule has 0 aliphatic carbocycles. The van der Waals surface area contributed by atoms with E-state index in [1.807, 2.05) is 0 Å². The molecule has 0 bridgehead atoms. The molecule has 0 aromatic carbocycles. The molecular weight excluding hydrogens is 303 g/mol. The van der Waals surface area contributed by atoms with E-state index in [1.165, 1.54) is 6.20 Å². The number of imide groups is 1. The molecule has 2 amide bonds. The number of pyridine rings is 1. The first-order chi connectivity index (χ1) is 9.76. The van der Waals surface area contributed by atoms with Crippen LogP contribution in [0, 0.1) is 5.82 Å². The number of carbonyl (C=O) groups excluding carboxylic acids is 2. The fourth-order valence-corrected chi connectivity index (χ4v) is 2.28. The molecule has 1 aliphatic rings. The Bertz CT molecular complexity index is 689. The van der Waals surface area contributed by atoms with Crippen molar-refractivity contribution in [3.63, 3.8) is 0 Å². The van der Waals surface area contributed by atoms with Gasteiger partial charge in [-0.3, -0.25) is 24.1 Å². The summed E-state index contributed by atoms with van der Waals surface area (Å²) >= 11 is 0. The first-order valence-electron chi connectivity index (χ1n) is 6.08. The molecule has 0 saturated carbocycles. The maximum absolute atomic E-state index is 13.8. The average Bonchev–Trinajstić information content (AvgIpc) is 2.36. The zero-order valence-electron chi connectivity index (χ0n) is 11.1. The fourth-order valence-electron chi connectivity index (χ4n) is 1.95. The van der Waals surface area contributed by atoms with Crippen molar-refractivity contribution in [2.24, 2.45) is 0 Å². The Hall–Kier alpha value is -1.87. The van der Waals surface area contributed by atoms with E-state index in [0.29, 0.717) is 5.56 Å². The number of piperidine rings is 1. The number of nitrogens with one attached hydrogen (secondary N) is 1. The molecule has 1 aromatic heterocycles. The minimum Gasteiger partial charge on any atom is -0.296 e. The maximum atomic E-state index is 13.8. The van der Waals surface area contributed by atoms with E-state index >= 15 is 0 Å². The average molecular weight is 316 g/mol. The molecule has 1 saturated heterocycles. The molecule has 1 unspecified atom stereocenters. The zero-order valence-corrected chi connectivity index (χ0v) is 11.9. The standard InChI is InChI=1S/C12H13FN2O5S/c1-21(18,19)20-6-10-9(13)4-7(5-14-10)8-2-3-11(16)15-12(8)17/h4-5,8H,2-3,6H2,1H3,(H,15,16,17). The summed E-state index contributed by atoms with van der Waals surface area (Å²) in [6, 6.07) is 1.11. The highest BCUT2D eigenvalue weighted by Crippen LogP contribution is 2.25. The molecule has 114 valence electrons. The van der Waals surface area contributed by atoms with Crippen LogP contribution < -0.4 is 5.32 Å². The minimum absolute atomic E-state index is 0.170. The second-order valence-electron chi connectivity index (χ2n) is 4.67. The van der Waals surface area contributed by atoms with Crippen molar-refractivity contribution in [3.05, 3.63) is 29.3 Å². The third-order valence-electron chi connectivity index (χ3n) is 2.99. The van der Waals surface area contributed by atoms with Crippen LogP contribution in [0.4, 0.5) is 4.39 Å².